The molecule has 0 spiro atoms. The van der Waals surface area contributed by atoms with Crippen LogP contribution < -0.4 is 10.1 Å². The summed E-state index contributed by atoms with van der Waals surface area (Å²) in [6.07, 6.45) is 5.40. The molecule has 0 bridgehead atoms. The Morgan fingerprint density at radius 1 is 1.13 bits per heavy atom. The SMILES string of the molecule is COc1cccc(CN(C(=O)CCl)[C@@H](C(=O)NC2CCCCC2)c2ccccc2C)c1. The Kier molecular flexibility index (Phi) is 8.35. The lowest BCUT2D eigenvalue weighted by molar-refractivity contribution is -0.140. The Labute approximate surface area is 189 Å². The summed E-state index contributed by atoms with van der Waals surface area (Å²) in [5, 5.41) is 3.21. The number of methoxy groups -OCH3 is 1. The van der Waals surface area contributed by atoms with Gasteiger partial charge >= 0.3 is 0 Å². The Bertz CT molecular complexity index is 896. The zero-order valence-corrected chi connectivity index (χ0v) is 19.0. The maximum Gasteiger partial charge on any atom is 0.247 e. The van der Waals surface area contributed by atoms with Crippen molar-refractivity contribution in [2.75, 3.05) is 13.0 Å². The number of nitrogens with zero attached hydrogens (tertiary/aromatic N) is 1. The fourth-order valence-electron chi connectivity index (χ4n) is 4.24. The number of benzene rings is 2. The average molecular weight is 443 g/mol. The van der Waals surface area contributed by atoms with E-state index in [1.807, 2.05) is 55.5 Å². The molecule has 0 aliphatic heterocycles. The molecule has 0 saturated heterocycles. The van der Waals surface area contributed by atoms with Crippen LogP contribution in [0.25, 0.3) is 0 Å². The average Bonchev–Trinajstić information content (AvgIpc) is 2.80. The van der Waals surface area contributed by atoms with Crippen LogP contribution in [0.5, 0.6) is 5.75 Å². The lowest BCUT2D eigenvalue weighted by atomic mass is 9.94. The smallest absolute Gasteiger partial charge is 0.247 e. The summed E-state index contributed by atoms with van der Waals surface area (Å²) in [7, 11) is 1.61. The first-order chi connectivity index (χ1) is 15.0. The van der Waals surface area contributed by atoms with Gasteiger partial charge in [0.25, 0.3) is 0 Å². The van der Waals surface area contributed by atoms with Crippen molar-refractivity contribution >= 4 is 23.4 Å². The summed E-state index contributed by atoms with van der Waals surface area (Å²) in [5.41, 5.74) is 2.66. The number of amides is 2. The van der Waals surface area contributed by atoms with E-state index in [1.54, 1.807) is 12.0 Å². The minimum absolute atomic E-state index is 0.150. The third-order valence-corrected chi connectivity index (χ3v) is 6.14. The van der Waals surface area contributed by atoms with Crippen molar-refractivity contribution in [1.29, 1.82) is 0 Å². The van der Waals surface area contributed by atoms with E-state index in [9.17, 15) is 9.59 Å². The highest BCUT2D eigenvalue weighted by atomic mass is 35.5. The minimum atomic E-state index is -0.749. The Hall–Kier alpha value is -2.53. The van der Waals surface area contributed by atoms with Gasteiger partial charge < -0.3 is 15.0 Å². The third-order valence-electron chi connectivity index (χ3n) is 5.92. The lowest BCUT2D eigenvalue weighted by Crippen LogP contribution is -2.47. The van der Waals surface area contributed by atoms with Gasteiger partial charge in [-0.05, 0) is 48.6 Å². The first kappa shape index (κ1) is 23.1. The molecule has 166 valence electrons. The Morgan fingerprint density at radius 3 is 2.55 bits per heavy atom. The molecule has 2 aromatic rings. The summed E-state index contributed by atoms with van der Waals surface area (Å²) in [4.78, 5) is 28.1. The van der Waals surface area contributed by atoms with E-state index in [4.69, 9.17) is 16.3 Å². The Balaban J connectivity index is 1.96. The molecule has 1 aliphatic rings. The molecule has 2 aromatic carbocycles. The van der Waals surface area contributed by atoms with Gasteiger partial charge in [-0.15, -0.1) is 11.6 Å². The summed E-state index contributed by atoms with van der Waals surface area (Å²) in [6.45, 7) is 2.23. The molecule has 3 rings (SSSR count). The van der Waals surface area contributed by atoms with Crippen molar-refractivity contribution < 1.29 is 14.3 Å². The maximum atomic E-state index is 13.6. The highest BCUT2D eigenvalue weighted by molar-refractivity contribution is 6.27. The van der Waals surface area contributed by atoms with Crippen LogP contribution in [0.1, 0.15) is 54.8 Å². The highest BCUT2D eigenvalue weighted by Gasteiger charge is 2.33. The van der Waals surface area contributed by atoms with Gasteiger partial charge in [0.15, 0.2) is 0 Å². The largest absolute Gasteiger partial charge is 0.497 e. The van der Waals surface area contributed by atoms with Gasteiger partial charge in [-0.3, -0.25) is 9.59 Å². The van der Waals surface area contributed by atoms with Crippen LogP contribution in [-0.2, 0) is 16.1 Å². The summed E-state index contributed by atoms with van der Waals surface area (Å²) >= 11 is 5.99. The number of nitrogens with one attached hydrogen (secondary N) is 1. The number of hydrogen-bond donors (Lipinski definition) is 1. The highest BCUT2D eigenvalue weighted by Crippen LogP contribution is 2.28. The zero-order chi connectivity index (χ0) is 22.2. The van der Waals surface area contributed by atoms with Gasteiger partial charge in [-0.25, -0.2) is 0 Å². The van der Waals surface area contributed by atoms with Crippen LogP contribution in [0.3, 0.4) is 0 Å². The van der Waals surface area contributed by atoms with Gasteiger partial charge in [0.1, 0.15) is 17.7 Å². The van der Waals surface area contributed by atoms with Crippen LogP contribution in [0.15, 0.2) is 48.5 Å². The van der Waals surface area contributed by atoms with E-state index in [0.717, 1.165) is 42.4 Å². The molecule has 0 aromatic heterocycles. The van der Waals surface area contributed by atoms with Crippen LogP contribution in [0.4, 0.5) is 0 Å². The second-order valence-electron chi connectivity index (χ2n) is 8.11. The van der Waals surface area contributed by atoms with E-state index in [0.29, 0.717) is 5.75 Å². The van der Waals surface area contributed by atoms with Gasteiger partial charge in [-0.1, -0.05) is 55.7 Å². The number of hydrogen-bond acceptors (Lipinski definition) is 3. The van der Waals surface area contributed by atoms with Crippen molar-refractivity contribution in [3.8, 4) is 5.75 Å². The third kappa shape index (κ3) is 6.01. The topological polar surface area (TPSA) is 58.6 Å². The van der Waals surface area contributed by atoms with Crippen LogP contribution >= 0.6 is 11.6 Å². The fourth-order valence-corrected chi connectivity index (χ4v) is 4.39. The van der Waals surface area contributed by atoms with Gasteiger partial charge in [0.05, 0.1) is 7.11 Å². The van der Waals surface area contributed by atoms with Gasteiger partial charge in [0, 0.05) is 12.6 Å². The molecular weight excluding hydrogens is 412 g/mol. The number of rotatable bonds is 8. The Morgan fingerprint density at radius 2 is 1.87 bits per heavy atom. The normalized spacial score (nSPS) is 15.2. The number of carbonyl (C=O) groups excluding carboxylic acids is 2. The molecule has 0 unspecified atom stereocenters. The van der Waals surface area contributed by atoms with E-state index < -0.39 is 6.04 Å². The van der Waals surface area contributed by atoms with E-state index >= 15 is 0 Å². The molecule has 1 atom stereocenters. The van der Waals surface area contributed by atoms with Crippen molar-refractivity contribution in [3.63, 3.8) is 0 Å². The maximum absolute atomic E-state index is 13.6. The summed E-state index contributed by atoms with van der Waals surface area (Å²) in [6, 6.07) is 14.6. The van der Waals surface area contributed by atoms with Crippen LogP contribution in [0, 0.1) is 6.92 Å². The van der Waals surface area contributed by atoms with Crippen molar-refractivity contribution in [3.05, 3.63) is 65.2 Å². The predicted molar refractivity (Wildman–Crippen MR) is 123 cm³/mol. The number of aryl methyl sites for hydroxylation is 1. The monoisotopic (exact) mass is 442 g/mol. The van der Waals surface area contributed by atoms with Crippen molar-refractivity contribution in [1.82, 2.24) is 10.2 Å². The number of alkyl halides is 1. The molecule has 1 aliphatic carbocycles. The quantitative estimate of drug-likeness (QED) is 0.599. The molecule has 1 N–H and O–H groups in total. The molecule has 1 saturated carbocycles. The van der Waals surface area contributed by atoms with Gasteiger partial charge in [-0.2, -0.15) is 0 Å². The molecule has 0 heterocycles. The van der Waals surface area contributed by atoms with Crippen molar-refractivity contribution in [2.45, 2.75) is 57.7 Å². The van der Waals surface area contributed by atoms with E-state index in [-0.39, 0.29) is 30.3 Å². The van der Waals surface area contributed by atoms with E-state index in [1.165, 1.54) is 6.42 Å². The number of ether oxygens (including phenoxy) is 1. The lowest BCUT2D eigenvalue weighted by Gasteiger charge is -2.34. The second-order valence-corrected chi connectivity index (χ2v) is 8.38. The number of halogens is 1. The molecule has 6 heteroatoms. The van der Waals surface area contributed by atoms with Gasteiger partial charge in [0.2, 0.25) is 11.8 Å². The van der Waals surface area contributed by atoms with Crippen molar-refractivity contribution in [2.24, 2.45) is 0 Å². The predicted octanol–water partition coefficient (Wildman–Crippen LogP) is 4.76. The summed E-state index contributed by atoms with van der Waals surface area (Å²) < 4.78 is 5.33. The molecular formula is C25H31ClN2O3. The fraction of sp³-hybridized carbons (Fsp3) is 0.440. The number of carbonyl (C=O) groups is 2. The second kappa shape index (κ2) is 11.2. The molecule has 5 nitrogen and oxygen atoms in total. The molecule has 2 amide bonds. The molecule has 0 radical (unpaired) electrons. The molecule has 31 heavy (non-hydrogen) atoms. The first-order valence-corrected chi connectivity index (χ1v) is 11.4. The van der Waals surface area contributed by atoms with E-state index in [2.05, 4.69) is 5.32 Å². The molecule has 1 fully saturated rings. The van der Waals surface area contributed by atoms with Crippen LogP contribution in [-0.4, -0.2) is 35.7 Å². The standard InChI is InChI=1S/C25H31ClN2O3/c1-18-9-6-7-14-22(18)24(25(30)27-20-11-4-3-5-12-20)28(23(29)16-26)17-19-10-8-13-21(15-19)31-2/h6-10,13-15,20,24H,3-5,11-12,16-17H2,1-2H3,(H,27,30)/t24-/m1/s1. The minimum Gasteiger partial charge on any atom is -0.497 e. The summed E-state index contributed by atoms with van der Waals surface area (Å²) in [5.74, 6) is 0.0808. The first-order valence-electron chi connectivity index (χ1n) is 10.9. The zero-order valence-electron chi connectivity index (χ0n) is 18.3. The van der Waals surface area contributed by atoms with Crippen LogP contribution in [0.2, 0.25) is 0 Å².